The minimum absolute atomic E-state index is 0.223. The molecule has 1 unspecified atom stereocenters. The molecule has 2 aromatic heterocycles. The van der Waals surface area contributed by atoms with Gasteiger partial charge in [0, 0.05) is 14.8 Å². The Kier molecular flexibility index (Phi) is 3.25. The molecule has 2 nitrogen and oxygen atoms in total. The predicted octanol–water partition coefficient (Wildman–Crippen LogP) is 5.33. The molecular formula is C14H13ClN2S2. The summed E-state index contributed by atoms with van der Waals surface area (Å²) >= 11 is 13.3. The van der Waals surface area contributed by atoms with E-state index >= 15 is 0 Å². The zero-order chi connectivity index (χ0) is 13.6. The Labute approximate surface area is 125 Å². The summed E-state index contributed by atoms with van der Waals surface area (Å²) in [5.41, 5.74) is 2.07. The van der Waals surface area contributed by atoms with Gasteiger partial charge in [0.25, 0.3) is 0 Å². The molecule has 0 saturated heterocycles. The van der Waals surface area contributed by atoms with Gasteiger partial charge in [-0.3, -0.25) is 0 Å². The van der Waals surface area contributed by atoms with Gasteiger partial charge in [0.15, 0.2) is 4.77 Å². The maximum absolute atomic E-state index is 6.02. The van der Waals surface area contributed by atoms with Crippen molar-refractivity contribution in [3.63, 3.8) is 0 Å². The number of thiophene rings is 1. The van der Waals surface area contributed by atoms with Crippen molar-refractivity contribution in [2.45, 2.75) is 19.9 Å². The molecule has 3 aromatic rings. The van der Waals surface area contributed by atoms with Crippen molar-refractivity contribution in [1.82, 2.24) is 9.55 Å². The van der Waals surface area contributed by atoms with E-state index in [1.807, 2.05) is 29.5 Å². The van der Waals surface area contributed by atoms with Crippen LogP contribution in [-0.2, 0) is 0 Å². The van der Waals surface area contributed by atoms with E-state index in [1.54, 1.807) is 0 Å². The minimum Gasteiger partial charge on any atom is -0.331 e. The Hall–Kier alpha value is -1.10. The van der Waals surface area contributed by atoms with Crippen molar-refractivity contribution in [1.29, 1.82) is 0 Å². The van der Waals surface area contributed by atoms with Crippen LogP contribution in [0.3, 0.4) is 0 Å². The molecule has 5 heteroatoms. The molecular weight excluding hydrogens is 296 g/mol. The highest BCUT2D eigenvalue weighted by atomic mass is 35.5. The summed E-state index contributed by atoms with van der Waals surface area (Å²) in [6, 6.07) is 10.4. The van der Waals surface area contributed by atoms with Gasteiger partial charge in [-0.15, -0.1) is 11.3 Å². The highest BCUT2D eigenvalue weighted by Gasteiger charge is 2.14. The number of nitrogens with zero attached hydrogens (tertiary/aromatic N) is 1. The lowest BCUT2D eigenvalue weighted by molar-refractivity contribution is 0.661. The molecule has 1 N–H and O–H groups in total. The van der Waals surface area contributed by atoms with Crippen LogP contribution in [-0.4, -0.2) is 9.55 Å². The molecule has 0 spiro atoms. The van der Waals surface area contributed by atoms with E-state index < -0.39 is 0 Å². The summed E-state index contributed by atoms with van der Waals surface area (Å²) in [6.45, 7) is 4.29. The van der Waals surface area contributed by atoms with Crippen LogP contribution < -0.4 is 0 Å². The second kappa shape index (κ2) is 4.78. The summed E-state index contributed by atoms with van der Waals surface area (Å²) in [4.78, 5) is 5.85. The average molecular weight is 309 g/mol. The van der Waals surface area contributed by atoms with Crippen LogP contribution in [0.15, 0.2) is 30.3 Å². The molecule has 0 bridgehead atoms. The number of hydrogen-bond donors (Lipinski definition) is 1. The number of nitrogens with one attached hydrogen (secondary N) is 1. The first kappa shape index (κ1) is 12.9. The average Bonchev–Trinajstić information content (AvgIpc) is 2.91. The van der Waals surface area contributed by atoms with Crippen molar-refractivity contribution >= 4 is 46.2 Å². The van der Waals surface area contributed by atoms with E-state index in [4.69, 9.17) is 23.8 Å². The molecule has 3 rings (SSSR count). The van der Waals surface area contributed by atoms with Gasteiger partial charge in [0.2, 0.25) is 0 Å². The fourth-order valence-corrected chi connectivity index (χ4v) is 3.75. The van der Waals surface area contributed by atoms with E-state index in [2.05, 4.69) is 35.5 Å². The summed E-state index contributed by atoms with van der Waals surface area (Å²) in [6.07, 6.45) is 0. The number of rotatable bonds is 2. The summed E-state index contributed by atoms with van der Waals surface area (Å²) in [5, 5.41) is 0.718. The van der Waals surface area contributed by atoms with Crippen LogP contribution in [0.5, 0.6) is 0 Å². The van der Waals surface area contributed by atoms with Gasteiger partial charge in [-0.1, -0.05) is 11.6 Å². The lowest BCUT2D eigenvalue weighted by Gasteiger charge is -2.12. The molecule has 0 fully saturated rings. The molecule has 0 aliphatic heterocycles. The number of hydrogen-bond acceptors (Lipinski definition) is 2. The van der Waals surface area contributed by atoms with Gasteiger partial charge in [0.1, 0.15) is 0 Å². The van der Waals surface area contributed by atoms with Gasteiger partial charge in [-0.2, -0.15) is 0 Å². The van der Waals surface area contributed by atoms with E-state index in [0.717, 1.165) is 20.8 Å². The highest BCUT2D eigenvalue weighted by Crippen LogP contribution is 2.29. The third-order valence-electron chi connectivity index (χ3n) is 3.24. The summed E-state index contributed by atoms with van der Waals surface area (Å²) in [5.74, 6) is 0. The number of fused-ring (bicyclic) bond motifs is 1. The summed E-state index contributed by atoms with van der Waals surface area (Å²) in [7, 11) is 0. The monoisotopic (exact) mass is 308 g/mol. The molecule has 0 aliphatic carbocycles. The first-order valence-corrected chi connectivity index (χ1v) is 7.62. The zero-order valence-corrected chi connectivity index (χ0v) is 13.0. The van der Waals surface area contributed by atoms with E-state index in [1.165, 1.54) is 9.75 Å². The van der Waals surface area contributed by atoms with Gasteiger partial charge >= 0.3 is 0 Å². The number of aromatic nitrogens is 2. The smallest absolute Gasteiger partial charge is 0.178 e. The van der Waals surface area contributed by atoms with Gasteiger partial charge < -0.3 is 9.55 Å². The fraction of sp³-hybridized carbons (Fsp3) is 0.214. The van der Waals surface area contributed by atoms with Crippen molar-refractivity contribution in [2.24, 2.45) is 0 Å². The van der Waals surface area contributed by atoms with Crippen molar-refractivity contribution < 1.29 is 0 Å². The van der Waals surface area contributed by atoms with Crippen molar-refractivity contribution in [3.05, 3.63) is 49.9 Å². The molecule has 0 amide bonds. The Morgan fingerprint density at radius 2 is 2.11 bits per heavy atom. The normalized spacial score (nSPS) is 13.0. The number of H-pyrrole nitrogens is 1. The number of halogens is 1. The Bertz CT molecular complexity index is 797. The molecule has 0 saturated carbocycles. The van der Waals surface area contributed by atoms with Crippen LogP contribution in [0, 0.1) is 11.7 Å². The number of aryl methyl sites for hydroxylation is 1. The van der Waals surface area contributed by atoms with Gasteiger partial charge in [-0.05, 0) is 56.4 Å². The Balaban J connectivity index is 2.19. The molecule has 0 aliphatic rings. The third-order valence-corrected chi connectivity index (χ3v) is 4.94. The van der Waals surface area contributed by atoms with E-state index in [0.29, 0.717) is 0 Å². The zero-order valence-electron chi connectivity index (χ0n) is 10.6. The largest absolute Gasteiger partial charge is 0.331 e. The van der Waals surface area contributed by atoms with Crippen LogP contribution >= 0.6 is 35.2 Å². The van der Waals surface area contributed by atoms with Crippen molar-refractivity contribution in [2.75, 3.05) is 0 Å². The summed E-state index contributed by atoms with van der Waals surface area (Å²) < 4.78 is 2.88. The van der Waals surface area contributed by atoms with Gasteiger partial charge in [0.05, 0.1) is 17.1 Å². The second-order valence-corrected chi connectivity index (χ2v) is 6.73. The maximum Gasteiger partial charge on any atom is 0.178 e. The molecule has 0 radical (unpaired) electrons. The van der Waals surface area contributed by atoms with Crippen LogP contribution in [0.25, 0.3) is 11.0 Å². The number of benzene rings is 1. The van der Waals surface area contributed by atoms with Gasteiger partial charge in [-0.25, -0.2) is 0 Å². The quantitative estimate of drug-likeness (QED) is 0.634. The number of aromatic amines is 1. The van der Waals surface area contributed by atoms with E-state index in [-0.39, 0.29) is 6.04 Å². The first-order chi connectivity index (χ1) is 9.06. The second-order valence-electron chi connectivity index (χ2n) is 4.59. The first-order valence-electron chi connectivity index (χ1n) is 6.02. The predicted molar refractivity (Wildman–Crippen MR) is 85.0 cm³/mol. The highest BCUT2D eigenvalue weighted by molar-refractivity contribution is 7.71. The molecule has 98 valence electrons. The Morgan fingerprint density at radius 1 is 1.32 bits per heavy atom. The molecule has 2 heterocycles. The topological polar surface area (TPSA) is 20.7 Å². The van der Waals surface area contributed by atoms with Crippen molar-refractivity contribution in [3.8, 4) is 0 Å². The molecule has 1 atom stereocenters. The SMILES string of the molecule is Cc1ccc(C(C)n2c(=S)[nH]c3cc(Cl)ccc32)s1. The third kappa shape index (κ3) is 2.24. The lowest BCUT2D eigenvalue weighted by atomic mass is 10.2. The standard InChI is InChI=1S/C14H13ClN2S2/c1-8-3-6-13(19-8)9(2)17-12-5-4-10(15)7-11(12)16-14(17)18/h3-7,9H,1-2H3,(H,16,18). The minimum atomic E-state index is 0.223. The van der Waals surface area contributed by atoms with Crippen LogP contribution in [0.2, 0.25) is 5.02 Å². The molecule has 1 aromatic carbocycles. The molecule has 19 heavy (non-hydrogen) atoms. The van der Waals surface area contributed by atoms with Crippen LogP contribution in [0.1, 0.15) is 22.7 Å². The lowest BCUT2D eigenvalue weighted by Crippen LogP contribution is -2.04. The van der Waals surface area contributed by atoms with E-state index in [9.17, 15) is 0 Å². The Morgan fingerprint density at radius 3 is 2.79 bits per heavy atom. The fourth-order valence-electron chi connectivity index (χ4n) is 2.29. The van der Waals surface area contributed by atoms with Crippen LogP contribution in [0.4, 0.5) is 0 Å². The maximum atomic E-state index is 6.02. The number of imidazole rings is 1.